The molecule has 0 bridgehead atoms. The van der Waals surface area contributed by atoms with Gasteiger partial charge >= 0.3 is 0 Å². The first-order chi connectivity index (χ1) is 16.5. The molecule has 2 amide bonds. The number of carbonyl (C=O) groups excluding carboxylic acids is 2. The maximum absolute atomic E-state index is 13.5. The fraction of sp³-hybridized carbons (Fsp3) is 0.429. The van der Waals surface area contributed by atoms with Gasteiger partial charge in [-0.05, 0) is 36.0 Å². The van der Waals surface area contributed by atoms with Gasteiger partial charge in [0.1, 0.15) is 0 Å². The van der Waals surface area contributed by atoms with Crippen LogP contribution in [0.4, 0.5) is 0 Å². The molecule has 0 saturated carbocycles. The quantitative estimate of drug-likeness (QED) is 0.375. The van der Waals surface area contributed by atoms with E-state index in [1.807, 2.05) is 67.4 Å². The number of rotatable bonds is 13. The summed E-state index contributed by atoms with van der Waals surface area (Å²) in [5.74, 6) is 0.240. The molecule has 0 radical (unpaired) electrons. The van der Waals surface area contributed by atoms with Crippen molar-refractivity contribution < 1.29 is 14.3 Å². The molecule has 6 heteroatoms. The highest BCUT2D eigenvalue weighted by Gasteiger charge is 2.22. The first kappa shape index (κ1) is 25.5. The molecule has 1 aromatic heterocycles. The van der Waals surface area contributed by atoms with E-state index in [4.69, 9.17) is 4.74 Å². The SMILES string of the molecule is COCCCN(CC(=O)N(CCc1c[nH]c2ccccc12)Cc1ccccc1)C(=O)CC(C)C. The van der Waals surface area contributed by atoms with E-state index >= 15 is 0 Å². The van der Waals surface area contributed by atoms with Crippen molar-refractivity contribution in [1.29, 1.82) is 0 Å². The molecular formula is C28H37N3O3. The lowest BCUT2D eigenvalue weighted by molar-refractivity contribution is -0.141. The van der Waals surface area contributed by atoms with Crippen molar-refractivity contribution in [2.24, 2.45) is 5.92 Å². The molecule has 2 aromatic carbocycles. The van der Waals surface area contributed by atoms with Crippen LogP contribution in [0.3, 0.4) is 0 Å². The van der Waals surface area contributed by atoms with E-state index in [0.717, 1.165) is 17.5 Å². The average Bonchev–Trinajstić information content (AvgIpc) is 3.24. The molecule has 1 heterocycles. The molecule has 0 spiro atoms. The minimum Gasteiger partial charge on any atom is -0.385 e. The largest absolute Gasteiger partial charge is 0.385 e. The minimum atomic E-state index is -0.0294. The summed E-state index contributed by atoms with van der Waals surface area (Å²) in [5, 5.41) is 1.18. The summed E-state index contributed by atoms with van der Waals surface area (Å²) >= 11 is 0. The lowest BCUT2D eigenvalue weighted by atomic mass is 10.1. The molecule has 3 aromatic rings. The van der Waals surface area contributed by atoms with Gasteiger partial charge in [0, 0.05) is 56.9 Å². The number of hydrogen-bond donors (Lipinski definition) is 1. The number of carbonyl (C=O) groups is 2. The molecule has 0 aliphatic heterocycles. The van der Waals surface area contributed by atoms with Crippen molar-refractivity contribution in [2.45, 2.75) is 39.7 Å². The second-order valence-corrected chi connectivity index (χ2v) is 9.17. The number of nitrogens with zero attached hydrogens (tertiary/aromatic N) is 2. The van der Waals surface area contributed by atoms with Gasteiger partial charge in [0.05, 0.1) is 6.54 Å². The van der Waals surface area contributed by atoms with Crippen LogP contribution in [0.1, 0.15) is 37.8 Å². The van der Waals surface area contributed by atoms with Crippen LogP contribution in [0.15, 0.2) is 60.8 Å². The lowest BCUT2D eigenvalue weighted by Crippen LogP contribution is -2.44. The van der Waals surface area contributed by atoms with E-state index < -0.39 is 0 Å². The number of H-pyrrole nitrogens is 1. The van der Waals surface area contributed by atoms with Gasteiger partial charge in [0.2, 0.25) is 11.8 Å². The number of benzene rings is 2. The van der Waals surface area contributed by atoms with Gasteiger partial charge < -0.3 is 19.5 Å². The van der Waals surface area contributed by atoms with E-state index in [0.29, 0.717) is 39.1 Å². The van der Waals surface area contributed by atoms with Crippen molar-refractivity contribution in [1.82, 2.24) is 14.8 Å². The maximum Gasteiger partial charge on any atom is 0.242 e. The van der Waals surface area contributed by atoms with Gasteiger partial charge in [0.25, 0.3) is 0 Å². The highest BCUT2D eigenvalue weighted by Crippen LogP contribution is 2.19. The Morgan fingerprint density at radius 2 is 1.68 bits per heavy atom. The van der Waals surface area contributed by atoms with Crippen molar-refractivity contribution in [3.8, 4) is 0 Å². The monoisotopic (exact) mass is 463 g/mol. The zero-order chi connectivity index (χ0) is 24.3. The summed E-state index contributed by atoms with van der Waals surface area (Å²) in [6, 6.07) is 18.2. The Bertz CT molecular complexity index is 1050. The molecule has 1 N–H and O–H groups in total. The summed E-state index contributed by atoms with van der Waals surface area (Å²) in [7, 11) is 1.65. The molecular weight excluding hydrogens is 426 g/mol. The topological polar surface area (TPSA) is 65.6 Å². The number of fused-ring (bicyclic) bond motifs is 1. The van der Waals surface area contributed by atoms with Gasteiger partial charge in [0.15, 0.2) is 0 Å². The Morgan fingerprint density at radius 1 is 0.941 bits per heavy atom. The smallest absolute Gasteiger partial charge is 0.242 e. The number of aromatic nitrogens is 1. The maximum atomic E-state index is 13.5. The summed E-state index contributed by atoms with van der Waals surface area (Å²) in [6.45, 7) is 6.33. The standard InChI is InChI=1S/C28H37N3O3/c1-22(2)18-27(32)30(15-9-17-34-3)21-28(33)31(20-23-10-5-4-6-11-23)16-14-24-19-29-26-13-8-7-12-25(24)26/h4-8,10-13,19,22,29H,9,14-18,20-21H2,1-3H3. The number of methoxy groups -OCH3 is 1. The van der Waals surface area contributed by atoms with Crippen LogP contribution in [0.2, 0.25) is 0 Å². The summed E-state index contributed by atoms with van der Waals surface area (Å²) in [4.78, 5) is 33.3. The predicted molar refractivity (Wildman–Crippen MR) is 136 cm³/mol. The highest BCUT2D eigenvalue weighted by molar-refractivity contribution is 5.85. The summed E-state index contributed by atoms with van der Waals surface area (Å²) < 4.78 is 5.16. The fourth-order valence-electron chi connectivity index (χ4n) is 4.12. The predicted octanol–water partition coefficient (Wildman–Crippen LogP) is 4.65. The first-order valence-electron chi connectivity index (χ1n) is 12.1. The second kappa shape index (κ2) is 12.9. The summed E-state index contributed by atoms with van der Waals surface area (Å²) in [6.07, 6.45) is 3.92. The number of ether oxygens (including phenoxy) is 1. The van der Waals surface area contributed by atoms with E-state index in [-0.39, 0.29) is 24.3 Å². The third-order valence-corrected chi connectivity index (χ3v) is 5.93. The van der Waals surface area contributed by atoms with Crippen LogP contribution in [0.5, 0.6) is 0 Å². The zero-order valence-electron chi connectivity index (χ0n) is 20.6. The number of nitrogens with one attached hydrogen (secondary N) is 1. The van der Waals surface area contributed by atoms with Gasteiger partial charge in [-0.3, -0.25) is 9.59 Å². The van der Waals surface area contributed by atoms with E-state index in [2.05, 4.69) is 17.1 Å². The molecule has 0 aliphatic carbocycles. The van der Waals surface area contributed by atoms with Gasteiger partial charge in [-0.15, -0.1) is 0 Å². The van der Waals surface area contributed by atoms with Gasteiger partial charge in [-0.25, -0.2) is 0 Å². The van der Waals surface area contributed by atoms with Crippen LogP contribution < -0.4 is 0 Å². The zero-order valence-corrected chi connectivity index (χ0v) is 20.6. The first-order valence-corrected chi connectivity index (χ1v) is 12.1. The molecule has 0 aliphatic rings. The Balaban J connectivity index is 1.74. The van der Waals surface area contributed by atoms with Crippen molar-refractivity contribution in [3.05, 3.63) is 71.9 Å². The van der Waals surface area contributed by atoms with E-state index in [1.54, 1.807) is 12.0 Å². The fourth-order valence-corrected chi connectivity index (χ4v) is 4.12. The number of hydrogen-bond acceptors (Lipinski definition) is 3. The van der Waals surface area contributed by atoms with Crippen molar-refractivity contribution >= 4 is 22.7 Å². The molecule has 0 unspecified atom stereocenters. The lowest BCUT2D eigenvalue weighted by Gasteiger charge is -2.28. The van der Waals surface area contributed by atoms with Crippen LogP contribution in [-0.2, 0) is 27.3 Å². The van der Waals surface area contributed by atoms with Crippen LogP contribution in [0, 0.1) is 5.92 Å². The van der Waals surface area contributed by atoms with Crippen LogP contribution in [0.25, 0.3) is 10.9 Å². The Kier molecular flexibility index (Phi) is 9.71. The molecule has 0 atom stereocenters. The molecule has 34 heavy (non-hydrogen) atoms. The van der Waals surface area contributed by atoms with E-state index in [9.17, 15) is 9.59 Å². The van der Waals surface area contributed by atoms with Crippen molar-refractivity contribution in [3.63, 3.8) is 0 Å². The van der Waals surface area contributed by atoms with E-state index in [1.165, 1.54) is 10.9 Å². The normalized spacial score (nSPS) is 11.2. The van der Waals surface area contributed by atoms with Crippen LogP contribution in [-0.4, -0.2) is 59.9 Å². The number of aromatic amines is 1. The second-order valence-electron chi connectivity index (χ2n) is 9.17. The molecule has 182 valence electrons. The third-order valence-electron chi connectivity index (χ3n) is 5.93. The Hall–Kier alpha value is -3.12. The number of para-hydroxylation sites is 1. The molecule has 0 fully saturated rings. The van der Waals surface area contributed by atoms with Crippen molar-refractivity contribution in [2.75, 3.05) is 33.4 Å². The molecule has 6 nitrogen and oxygen atoms in total. The Morgan fingerprint density at radius 3 is 2.41 bits per heavy atom. The van der Waals surface area contributed by atoms with Gasteiger partial charge in [-0.1, -0.05) is 62.4 Å². The highest BCUT2D eigenvalue weighted by atomic mass is 16.5. The third kappa shape index (κ3) is 7.45. The Labute approximate surface area is 202 Å². The summed E-state index contributed by atoms with van der Waals surface area (Å²) in [5.41, 5.74) is 3.37. The van der Waals surface area contributed by atoms with Crippen LogP contribution >= 0.6 is 0 Å². The molecule has 0 saturated heterocycles. The number of amides is 2. The van der Waals surface area contributed by atoms with Gasteiger partial charge in [-0.2, -0.15) is 0 Å². The minimum absolute atomic E-state index is 0.0238. The average molecular weight is 464 g/mol. The molecule has 3 rings (SSSR count).